The zero-order valence-electron chi connectivity index (χ0n) is 19.6. The first-order valence-electron chi connectivity index (χ1n) is 11.4. The molecule has 1 aliphatic heterocycles. The molecule has 11 heteroatoms. The minimum Gasteiger partial charge on any atom is -0.495 e. The molecule has 0 spiro atoms. The van der Waals surface area contributed by atoms with Crippen LogP contribution in [0.3, 0.4) is 0 Å². The number of aryl methyl sites for hydroxylation is 2. The topological polar surface area (TPSA) is 96.9 Å². The largest absolute Gasteiger partial charge is 0.495 e. The van der Waals surface area contributed by atoms with Crippen LogP contribution in [0.15, 0.2) is 23.1 Å². The molecule has 1 N–H and O–H groups in total. The molecule has 1 aromatic carbocycles. The monoisotopic (exact) mass is 503 g/mol. The number of hydrogen-bond acceptors (Lipinski definition) is 9. The second-order valence-electron chi connectivity index (χ2n) is 8.69. The van der Waals surface area contributed by atoms with Gasteiger partial charge in [0.05, 0.1) is 42.8 Å². The molecule has 0 unspecified atom stereocenters. The summed E-state index contributed by atoms with van der Waals surface area (Å²) in [5, 5.41) is 4.45. The van der Waals surface area contributed by atoms with Crippen LogP contribution in [-0.2, 0) is 34.1 Å². The third-order valence-electron chi connectivity index (χ3n) is 6.28. The molecule has 3 aromatic rings. The van der Waals surface area contributed by atoms with Gasteiger partial charge in [0.2, 0.25) is 10.0 Å². The van der Waals surface area contributed by atoms with Crippen molar-refractivity contribution >= 4 is 43.1 Å². The lowest BCUT2D eigenvalue weighted by atomic mass is 10.2. The van der Waals surface area contributed by atoms with Crippen molar-refractivity contribution in [3.63, 3.8) is 0 Å². The van der Waals surface area contributed by atoms with Crippen molar-refractivity contribution in [1.29, 1.82) is 0 Å². The standard InChI is InChI=1S/C23H29N5O4S2/c1-27(2)34(29,30)15-7-8-18(31-3)17(13-15)24-22-21-16-5-4-6-19(16)33-23(21)26-20(25-22)14-28-9-11-32-12-10-28/h7-8,13H,4-6,9-12,14H2,1-3H3,(H,24,25,26). The number of fused-ring (bicyclic) bond motifs is 3. The molecule has 182 valence electrons. The summed E-state index contributed by atoms with van der Waals surface area (Å²) in [6.07, 6.45) is 3.20. The number of morpholine rings is 1. The van der Waals surface area contributed by atoms with E-state index >= 15 is 0 Å². The van der Waals surface area contributed by atoms with Crippen LogP contribution in [0.5, 0.6) is 5.75 Å². The average molecular weight is 504 g/mol. The quantitative estimate of drug-likeness (QED) is 0.526. The van der Waals surface area contributed by atoms with Gasteiger partial charge >= 0.3 is 0 Å². The normalized spacial score (nSPS) is 16.8. The van der Waals surface area contributed by atoms with Crippen LogP contribution >= 0.6 is 11.3 Å². The van der Waals surface area contributed by atoms with Gasteiger partial charge in [-0.1, -0.05) is 0 Å². The minimum atomic E-state index is -3.60. The lowest BCUT2D eigenvalue weighted by molar-refractivity contribution is 0.0331. The Morgan fingerprint density at radius 1 is 1.21 bits per heavy atom. The fourth-order valence-electron chi connectivity index (χ4n) is 4.44. The summed E-state index contributed by atoms with van der Waals surface area (Å²) in [6, 6.07) is 4.83. The van der Waals surface area contributed by atoms with Crippen LogP contribution < -0.4 is 10.1 Å². The van der Waals surface area contributed by atoms with Crippen LogP contribution in [0.4, 0.5) is 11.5 Å². The Balaban J connectivity index is 1.58. The fourth-order valence-corrected chi connectivity index (χ4v) is 6.65. The van der Waals surface area contributed by atoms with Gasteiger partial charge in [-0.3, -0.25) is 4.90 Å². The summed E-state index contributed by atoms with van der Waals surface area (Å²) in [5.74, 6) is 1.99. The predicted octanol–water partition coefficient (Wildman–Crippen LogP) is 3.01. The van der Waals surface area contributed by atoms with Crippen LogP contribution in [0, 0.1) is 0 Å². The van der Waals surface area contributed by atoms with Crippen molar-refractivity contribution in [1.82, 2.24) is 19.2 Å². The number of anilines is 2. The molecule has 5 rings (SSSR count). The number of sulfonamides is 1. The van der Waals surface area contributed by atoms with Gasteiger partial charge in [0.1, 0.15) is 22.2 Å². The van der Waals surface area contributed by atoms with Crippen LogP contribution in [-0.4, -0.2) is 75.1 Å². The zero-order valence-corrected chi connectivity index (χ0v) is 21.3. The summed E-state index contributed by atoms with van der Waals surface area (Å²) in [7, 11) is 1.02. The van der Waals surface area contributed by atoms with Crippen molar-refractivity contribution < 1.29 is 17.9 Å². The molecule has 1 fully saturated rings. The van der Waals surface area contributed by atoms with E-state index in [4.69, 9.17) is 19.4 Å². The van der Waals surface area contributed by atoms with Crippen molar-refractivity contribution in [2.75, 3.05) is 52.8 Å². The van der Waals surface area contributed by atoms with Gasteiger partial charge in [0.25, 0.3) is 0 Å². The van der Waals surface area contributed by atoms with Gasteiger partial charge in [0.15, 0.2) is 0 Å². The predicted molar refractivity (Wildman–Crippen MR) is 133 cm³/mol. The maximum atomic E-state index is 12.8. The van der Waals surface area contributed by atoms with Crippen LogP contribution in [0.2, 0.25) is 0 Å². The molecule has 1 saturated heterocycles. The van der Waals surface area contributed by atoms with Gasteiger partial charge in [-0.2, -0.15) is 0 Å². The molecule has 0 atom stereocenters. The number of thiophene rings is 1. The average Bonchev–Trinajstić information content (AvgIpc) is 3.40. The van der Waals surface area contributed by atoms with Gasteiger partial charge in [-0.05, 0) is 43.0 Å². The van der Waals surface area contributed by atoms with E-state index in [1.807, 2.05) is 0 Å². The van der Waals surface area contributed by atoms with Gasteiger partial charge in [-0.15, -0.1) is 11.3 Å². The van der Waals surface area contributed by atoms with E-state index in [1.165, 1.54) is 28.8 Å². The Labute approximate surface area is 203 Å². The van der Waals surface area contributed by atoms with Crippen molar-refractivity contribution in [2.45, 2.75) is 30.7 Å². The van der Waals surface area contributed by atoms with Crippen molar-refractivity contribution in [3.05, 3.63) is 34.5 Å². The molecular formula is C23H29N5O4S2. The smallest absolute Gasteiger partial charge is 0.242 e. The number of aromatic nitrogens is 2. The summed E-state index contributed by atoms with van der Waals surface area (Å²) < 4.78 is 37.7. The summed E-state index contributed by atoms with van der Waals surface area (Å²) in [5.41, 5.74) is 1.86. The molecule has 2 aromatic heterocycles. The molecule has 0 saturated carbocycles. The highest BCUT2D eigenvalue weighted by atomic mass is 32.2. The number of nitrogens with zero attached hydrogens (tertiary/aromatic N) is 4. The number of ether oxygens (including phenoxy) is 2. The fraction of sp³-hybridized carbons (Fsp3) is 0.478. The molecule has 34 heavy (non-hydrogen) atoms. The second-order valence-corrected chi connectivity index (χ2v) is 11.9. The minimum absolute atomic E-state index is 0.190. The number of hydrogen-bond donors (Lipinski definition) is 1. The SMILES string of the molecule is COc1ccc(S(=O)(=O)N(C)C)cc1Nc1nc(CN2CCOCC2)nc2sc3c(c12)CCC3. The van der Waals surface area contributed by atoms with E-state index in [0.717, 1.165) is 48.4 Å². The highest BCUT2D eigenvalue weighted by Crippen LogP contribution is 2.41. The van der Waals surface area contributed by atoms with Gasteiger partial charge in [-0.25, -0.2) is 22.7 Å². The van der Waals surface area contributed by atoms with E-state index in [0.29, 0.717) is 37.0 Å². The summed E-state index contributed by atoms with van der Waals surface area (Å²) in [6.45, 7) is 3.77. The summed E-state index contributed by atoms with van der Waals surface area (Å²) in [4.78, 5) is 14.7. The van der Waals surface area contributed by atoms with E-state index in [1.54, 1.807) is 36.6 Å². The lowest BCUT2D eigenvalue weighted by Crippen LogP contribution is -2.36. The van der Waals surface area contributed by atoms with E-state index in [-0.39, 0.29) is 4.90 Å². The number of nitrogens with one attached hydrogen (secondary N) is 1. The number of rotatable bonds is 7. The molecule has 9 nitrogen and oxygen atoms in total. The first-order chi connectivity index (χ1) is 16.4. The third-order valence-corrected chi connectivity index (χ3v) is 9.28. The molecule has 2 aliphatic rings. The number of methoxy groups -OCH3 is 1. The maximum Gasteiger partial charge on any atom is 0.242 e. The highest BCUT2D eigenvalue weighted by Gasteiger charge is 2.25. The van der Waals surface area contributed by atoms with E-state index in [9.17, 15) is 8.42 Å². The van der Waals surface area contributed by atoms with Crippen LogP contribution in [0.1, 0.15) is 22.7 Å². The molecule has 0 radical (unpaired) electrons. The third kappa shape index (κ3) is 4.38. The van der Waals surface area contributed by atoms with Crippen LogP contribution in [0.25, 0.3) is 10.2 Å². The lowest BCUT2D eigenvalue weighted by Gasteiger charge is -2.26. The Bertz CT molecular complexity index is 1320. The van der Waals surface area contributed by atoms with Gasteiger partial charge in [0, 0.05) is 32.1 Å². The Morgan fingerprint density at radius 2 is 2.00 bits per heavy atom. The molecule has 1 aliphatic carbocycles. The molecule has 0 amide bonds. The first kappa shape index (κ1) is 23.4. The molecule has 0 bridgehead atoms. The van der Waals surface area contributed by atoms with Gasteiger partial charge < -0.3 is 14.8 Å². The maximum absolute atomic E-state index is 12.8. The van der Waals surface area contributed by atoms with Crippen molar-refractivity contribution in [3.8, 4) is 5.75 Å². The summed E-state index contributed by atoms with van der Waals surface area (Å²) >= 11 is 1.74. The van der Waals surface area contributed by atoms with E-state index < -0.39 is 10.0 Å². The van der Waals surface area contributed by atoms with Crippen molar-refractivity contribution in [2.24, 2.45) is 0 Å². The zero-order chi connectivity index (χ0) is 23.9. The Morgan fingerprint density at radius 3 is 2.74 bits per heavy atom. The van der Waals surface area contributed by atoms with E-state index in [2.05, 4.69) is 10.2 Å². The second kappa shape index (κ2) is 9.38. The molecular weight excluding hydrogens is 474 g/mol. The highest BCUT2D eigenvalue weighted by molar-refractivity contribution is 7.89. The Hall–Kier alpha value is -2.31. The Kier molecular flexibility index (Phi) is 6.47. The number of benzene rings is 1. The first-order valence-corrected chi connectivity index (χ1v) is 13.6. The molecule has 3 heterocycles.